The van der Waals surface area contributed by atoms with E-state index in [-0.39, 0.29) is 18.5 Å². The topological polar surface area (TPSA) is 50.4 Å². The van der Waals surface area contributed by atoms with E-state index in [1.807, 2.05) is 30.3 Å². The van der Waals surface area contributed by atoms with Crippen molar-refractivity contribution in [2.75, 3.05) is 6.54 Å². The lowest BCUT2D eigenvalue weighted by molar-refractivity contribution is 0.138. The SMILES string of the molecule is CC1CCC(CNC(=O)OCc2ccccc2)N1.Cl. The molecule has 2 N–H and O–H groups in total. The Hall–Kier alpha value is -1.26. The van der Waals surface area contributed by atoms with Crippen molar-refractivity contribution in [2.45, 2.75) is 38.5 Å². The third-order valence-corrected chi connectivity index (χ3v) is 3.17. The lowest BCUT2D eigenvalue weighted by atomic mass is 10.2. The van der Waals surface area contributed by atoms with E-state index < -0.39 is 0 Å². The molecule has 1 fully saturated rings. The van der Waals surface area contributed by atoms with Gasteiger partial charge >= 0.3 is 6.09 Å². The zero-order chi connectivity index (χ0) is 12.8. The molecule has 4 nitrogen and oxygen atoms in total. The summed E-state index contributed by atoms with van der Waals surface area (Å²) < 4.78 is 5.14. The standard InChI is InChI=1S/C14H20N2O2.ClH/c1-11-7-8-13(16-11)9-15-14(17)18-10-12-5-3-2-4-6-12;/h2-6,11,13,16H,7-10H2,1H3,(H,15,17);1H. The van der Waals surface area contributed by atoms with Gasteiger partial charge in [-0.05, 0) is 25.3 Å². The summed E-state index contributed by atoms with van der Waals surface area (Å²) in [4.78, 5) is 11.5. The number of halogens is 1. The van der Waals surface area contributed by atoms with E-state index in [1.165, 1.54) is 6.42 Å². The van der Waals surface area contributed by atoms with Gasteiger partial charge in [0.15, 0.2) is 0 Å². The second kappa shape index (κ2) is 8.02. The molecule has 1 aromatic carbocycles. The van der Waals surface area contributed by atoms with E-state index in [1.54, 1.807) is 0 Å². The fraction of sp³-hybridized carbons (Fsp3) is 0.500. The van der Waals surface area contributed by atoms with Crippen LogP contribution in [0, 0.1) is 0 Å². The predicted molar refractivity (Wildman–Crippen MR) is 77.5 cm³/mol. The molecule has 1 aliphatic rings. The maximum atomic E-state index is 11.5. The van der Waals surface area contributed by atoms with Crippen molar-refractivity contribution < 1.29 is 9.53 Å². The van der Waals surface area contributed by atoms with Gasteiger partial charge < -0.3 is 15.4 Å². The number of benzene rings is 1. The van der Waals surface area contributed by atoms with Crippen LogP contribution in [-0.4, -0.2) is 24.7 Å². The minimum atomic E-state index is -0.347. The van der Waals surface area contributed by atoms with Gasteiger partial charge in [0.25, 0.3) is 0 Å². The summed E-state index contributed by atoms with van der Waals surface area (Å²) in [7, 11) is 0. The predicted octanol–water partition coefficient (Wildman–Crippen LogP) is 2.48. The largest absolute Gasteiger partial charge is 0.445 e. The molecule has 106 valence electrons. The number of ether oxygens (including phenoxy) is 1. The second-order valence-corrected chi connectivity index (χ2v) is 4.78. The van der Waals surface area contributed by atoms with Crippen LogP contribution in [0.4, 0.5) is 4.79 Å². The first kappa shape index (κ1) is 15.8. The van der Waals surface area contributed by atoms with Crippen LogP contribution < -0.4 is 10.6 Å². The Kier molecular flexibility index (Phi) is 6.67. The number of nitrogens with one attached hydrogen (secondary N) is 2. The highest BCUT2D eigenvalue weighted by molar-refractivity contribution is 5.85. The molecular weight excluding hydrogens is 264 g/mol. The van der Waals surface area contributed by atoms with Gasteiger partial charge in [0, 0.05) is 18.6 Å². The van der Waals surface area contributed by atoms with Crippen LogP contribution in [0.5, 0.6) is 0 Å². The van der Waals surface area contributed by atoms with Gasteiger partial charge in [-0.25, -0.2) is 4.79 Å². The van der Waals surface area contributed by atoms with Gasteiger partial charge in [-0.3, -0.25) is 0 Å². The highest BCUT2D eigenvalue weighted by Crippen LogP contribution is 2.10. The van der Waals surface area contributed by atoms with Crippen LogP contribution in [-0.2, 0) is 11.3 Å². The first-order chi connectivity index (χ1) is 8.74. The number of carbonyl (C=O) groups excluding carboxylic acids is 1. The van der Waals surface area contributed by atoms with Crippen molar-refractivity contribution in [3.8, 4) is 0 Å². The Bertz CT molecular complexity index is 386. The fourth-order valence-electron chi connectivity index (χ4n) is 2.16. The monoisotopic (exact) mass is 284 g/mol. The smallest absolute Gasteiger partial charge is 0.407 e. The van der Waals surface area contributed by atoms with Crippen LogP contribution >= 0.6 is 12.4 Å². The number of hydrogen-bond acceptors (Lipinski definition) is 3. The van der Waals surface area contributed by atoms with E-state index in [0.717, 1.165) is 12.0 Å². The number of hydrogen-bond donors (Lipinski definition) is 2. The Morgan fingerprint density at radius 2 is 2.11 bits per heavy atom. The van der Waals surface area contributed by atoms with Crippen molar-refractivity contribution in [3.63, 3.8) is 0 Å². The van der Waals surface area contributed by atoms with Crippen molar-refractivity contribution >= 4 is 18.5 Å². The van der Waals surface area contributed by atoms with Crippen molar-refractivity contribution in [3.05, 3.63) is 35.9 Å². The van der Waals surface area contributed by atoms with Crippen molar-refractivity contribution in [2.24, 2.45) is 0 Å². The van der Waals surface area contributed by atoms with Crippen LogP contribution in [0.1, 0.15) is 25.3 Å². The summed E-state index contributed by atoms with van der Waals surface area (Å²) in [6.07, 6.45) is 1.94. The Balaban J connectivity index is 0.00000180. The average Bonchev–Trinajstić information content (AvgIpc) is 2.81. The maximum absolute atomic E-state index is 11.5. The molecule has 2 unspecified atom stereocenters. The molecule has 0 spiro atoms. The number of alkyl carbamates (subject to hydrolysis) is 1. The van der Waals surface area contributed by atoms with Gasteiger partial charge in [0.05, 0.1) is 0 Å². The molecule has 1 heterocycles. The van der Waals surface area contributed by atoms with Crippen LogP contribution in [0.15, 0.2) is 30.3 Å². The number of carbonyl (C=O) groups is 1. The lowest BCUT2D eigenvalue weighted by Gasteiger charge is -2.13. The minimum absolute atomic E-state index is 0. The van der Waals surface area contributed by atoms with E-state index in [9.17, 15) is 4.79 Å². The van der Waals surface area contributed by atoms with Crippen molar-refractivity contribution in [1.29, 1.82) is 0 Å². The van der Waals surface area contributed by atoms with Gasteiger partial charge in [0.2, 0.25) is 0 Å². The molecule has 19 heavy (non-hydrogen) atoms. The molecular formula is C14H21ClN2O2. The Morgan fingerprint density at radius 3 is 2.74 bits per heavy atom. The summed E-state index contributed by atoms with van der Waals surface area (Å²) >= 11 is 0. The summed E-state index contributed by atoms with van der Waals surface area (Å²) in [5.41, 5.74) is 1.00. The van der Waals surface area contributed by atoms with E-state index >= 15 is 0 Å². The van der Waals surface area contributed by atoms with Crippen LogP contribution in [0.25, 0.3) is 0 Å². The summed E-state index contributed by atoms with van der Waals surface area (Å²) in [6.45, 7) is 3.12. The molecule has 0 aliphatic carbocycles. The molecule has 1 amide bonds. The molecule has 0 radical (unpaired) electrons. The normalized spacial score (nSPS) is 21.5. The molecule has 2 atom stereocenters. The van der Waals surface area contributed by atoms with Crippen molar-refractivity contribution in [1.82, 2.24) is 10.6 Å². The quantitative estimate of drug-likeness (QED) is 0.893. The molecule has 0 bridgehead atoms. The van der Waals surface area contributed by atoms with Gasteiger partial charge in [0.1, 0.15) is 6.61 Å². The van der Waals surface area contributed by atoms with E-state index in [2.05, 4.69) is 17.6 Å². The Morgan fingerprint density at radius 1 is 1.37 bits per heavy atom. The second-order valence-electron chi connectivity index (χ2n) is 4.78. The highest BCUT2D eigenvalue weighted by Gasteiger charge is 2.20. The molecule has 2 rings (SSSR count). The summed E-state index contributed by atoms with van der Waals surface area (Å²) in [5, 5.41) is 6.20. The highest BCUT2D eigenvalue weighted by atomic mass is 35.5. The number of amides is 1. The third-order valence-electron chi connectivity index (χ3n) is 3.17. The van der Waals surface area contributed by atoms with Crippen LogP contribution in [0.2, 0.25) is 0 Å². The number of rotatable bonds is 4. The molecule has 0 saturated carbocycles. The van der Waals surface area contributed by atoms with Gasteiger partial charge in [-0.15, -0.1) is 12.4 Å². The zero-order valence-corrected chi connectivity index (χ0v) is 11.9. The first-order valence-electron chi connectivity index (χ1n) is 6.44. The maximum Gasteiger partial charge on any atom is 0.407 e. The zero-order valence-electron chi connectivity index (χ0n) is 11.1. The van der Waals surface area contributed by atoms with E-state index in [0.29, 0.717) is 25.2 Å². The lowest BCUT2D eigenvalue weighted by Crippen LogP contribution is -2.39. The van der Waals surface area contributed by atoms with Gasteiger partial charge in [-0.2, -0.15) is 0 Å². The summed E-state index contributed by atoms with van der Waals surface area (Å²) in [6, 6.07) is 10.6. The molecule has 0 aromatic heterocycles. The summed E-state index contributed by atoms with van der Waals surface area (Å²) in [5.74, 6) is 0. The average molecular weight is 285 g/mol. The van der Waals surface area contributed by atoms with Crippen LogP contribution in [0.3, 0.4) is 0 Å². The van der Waals surface area contributed by atoms with Gasteiger partial charge in [-0.1, -0.05) is 30.3 Å². The minimum Gasteiger partial charge on any atom is -0.445 e. The molecule has 1 aromatic rings. The fourth-order valence-corrected chi connectivity index (χ4v) is 2.16. The van der Waals surface area contributed by atoms with E-state index in [4.69, 9.17) is 4.74 Å². The molecule has 5 heteroatoms. The first-order valence-corrected chi connectivity index (χ1v) is 6.44. The Labute approximate surface area is 120 Å². The molecule has 1 aliphatic heterocycles. The third kappa shape index (κ3) is 5.49. The molecule has 1 saturated heterocycles.